The van der Waals surface area contributed by atoms with E-state index in [1.165, 1.54) is 6.07 Å². The van der Waals surface area contributed by atoms with Crippen LogP contribution in [0.25, 0.3) is 0 Å². The minimum atomic E-state index is -4.31. The van der Waals surface area contributed by atoms with E-state index in [0.717, 1.165) is 17.3 Å². The molecule has 0 aliphatic heterocycles. The fraction of sp³-hybridized carbons (Fsp3) is 0.312. The predicted molar refractivity (Wildman–Crippen MR) is 75.9 cm³/mol. The summed E-state index contributed by atoms with van der Waals surface area (Å²) < 4.78 is 38.1. The van der Waals surface area contributed by atoms with E-state index in [1.54, 1.807) is 26.2 Å². The Morgan fingerprint density at radius 2 is 1.95 bits per heavy atom. The standard InChI is InChI=1S/C16H17F3N2/c1-11-9-12(16(17,18)19)6-7-14(11)15(20-2)10-13-5-3-4-8-21-13/h3-9,15,20H,10H2,1-2H3. The van der Waals surface area contributed by atoms with E-state index >= 15 is 0 Å². The molecule has 0 aliphatic carbocycles. The van der Waals surface area contributed by atoms with E-state index in [2.05, 4.69) is 10.3 Å². The van der Waals surface area contributed by atoms with Gasteiger partial charge in [0.05, 0.1) is 5.56 Å². The molecule has 0 saturated carbocycles. The Morgan fingerprint density at radius 1 is 1.19 bits per heavy atom. The summed E-state index contributed by atoms with van der Waals surface area (Å²) in [5.74, 6) is 0. The van der Waals surface area contributed by atoms with Crippen molar-refractivity contribution in [2.75, 3.05) is 7.05 Å². The summed E-state index contributed by atoms with van der Waals surface area (Å²) in [7, 11) is 1.80. The summed E-state index contributed by atoms with van der Waals surface area (Å²) in [6, 6.07) is 9.44. The minimum absolute atomic E-state index is 0.0674. The number of benzene rings is 1. The van der Waals surface area contributed by atoms with Gasteiger partial charge in [0.25, 0.3) is 0 Å². The molecule has 0 radical (unpaired) electrons. The van der Waals surface area contributed by atoms with Gasteiger partial charge in [0.1, 0.15) is 0 Å². The quantitative estimate of drug-likeness (QED) is 0.924. The topological polar surface area (TPSA) is 24.9 Å². The lowest BCUT2D eigenvalue weighted by molar-refractivity contribution is -0.137. The van der Waals surface area contributed by atoms with E-state index < -0.39 is 11.7 Å². The first-order valence-electron chi connectivity index (χ1n) is 6.66. The van der Waals surface area contributed by atoms with Crippen molar-refractivity contribution >= 4 is 0 Å². The molecule has 1 aromatic carbocycles. The number of aryl methyl sites for hydroxylation is 1. The van der Waals surface area contributed by atoms with Crippen LogP contribution in [0.15, 0.2) is 42.6 Å². The second kappa shape index (κ2) is 6.26. The number of nitrogens with one attached hydrogen (secondary N) is 1. The van der Waals surface area contributed by atoms with Crippen molar-refractivity contribution in [3.8, 4) is 0 Å². The smallest absolute Gasteiger partial charge is 0.313 e. The molecule has 2 aromatic rings. The second-order valence-electron chi connectivity index (χ2n) is 4.94. The number of alkyl halides is 3. The number of pyridine rings is 1. The summed E-state index contributed by atoms with van der Waals surface area (Å²) in [4.78, 5) is 4.26. The molecule has 0 amide bonds. The van der Waals surface area contributed by atoms with Crippen LogP contribution in [0.2, 0.25) is 0 Å². The Bertz CT molecular complexity index is 594. The maximum Gasteiger partial charge on any atom is 0.416 e. The Morgan fingerprint density at radius 3 is 2.48 bits per heavy atom. The van der Waals surface area contributed by atoms with Crippen molar-refractivity contribution < 1.29 is 13.2 Å². The number of hydrogen-bond acceptors (Lipinski definition) is 2. The van der Waals surface area contributed by atoms with Crippen LogP contribution in [0.4, 0.5) is 13.2 Å². The fourth-order valence-electron chi connectivity index (χ4n) is 2.34. The van der Waals surface area contributed by atoms with Gasteiger partial charge < -0.3 is 5.32 Å². The molecule has 0 fully saturated rings. The first kappa shape index (κ1) is 15.5. The molecule has 0 saturated heterocycles. The van der Waals surface area contributed by atoms with Crippen LogP contribution in [0.3, 0.4) is 0 Å². The van der Waals surface area contributed by atoms with Crippen molar-refractivity contribution in [1.29, 1.82) is 0 Å². The molecule has 0 bridgehead atoms. The van der Waals surface area contributed by atoms with E-state index in [-0.39, 0.29) is 6.04 Å². The van der Waals surface area contributed by atoms with E-state index in [0.29, 0.717) is 12.0 Å². The van der Waals surface area contributed by atoms with Crippen LogP contribution < -0.4 is 5.32 Å². The van der Waals surface area contributed by atoms with Gasteiger partial charge in [0.2, 0.25) is 0 Å². The average molecular weight is 294 g/mol. The van der Waals surface area contributed by atoms with E-state index in [9.17, 15) is 13.2 Å². The van der Waals surface area contributed by atoms with Gasteiger partial charge in [-0.2, -0.15) is 13.2 Å². The summed E-state index contributed by atoms with van der Waals surface area (Å²) in [6.45, 7) is 1.70. The summed E-state index contributed by atoms with van der Waals surface area (Å²) in [5, 5.41) is 3.14. The third-order valence-electron chi connectivity index (χ3n) is 3.46. The zero-order valence-electron chi connectivity index (χ0n) is 11.9. The zero-order valence-corrected chi connectivity index (χ0v) is 11.9. The molecule has 1 aromatic heterocycles. The van der Waals surface area contributed by atoms with Gasteiger partial charge in [-0.1, -0.05) is 12.1 Å². The highest BCUT2D eigenvalue weighted by Crippen LogP contribution is 2.32. The number of aromatic nitrogens is 1. The molecule has 1 unspecified atom stereocenters. The third-order valence-corrected chi connectivity index (χ3v) is 3.46. The third kappa shape index (κ3) is 3.82. The molecular weight excluding hydrogens is 277 g/mol. The van der Waals surface area contributed by atoms with E-state index in [1.807, 2.05) is 18.2 Å². The van der Waals surface area contributed by atoms with Gasteiger partial charge in [-0.3, -0.25) is 4.98 Å². The van der Waals surface area contributed by atoms with Crippen molar-refractivity contribution in [3.63, 3.8) is 0 Å². The Balaban J connectivity index is 2.26. The fourth-order valence-corrected chi connectivity index (χ4v) is 2.34. The molecule has 2 nitrogen and oxygen atoms in total. The van der Waals surface area contributed by atoms with Crippen LogP contribution in [0.5, 0.6) is 0 Å². The normalized spacial score (nSPS) is 13.2. The van der Waals surface area contributed by atoms with Crippen LogP contribution in [-0.4, -0.2) is 12.0 Å². The van der Waals surface area contributed by atoms with Crippen molar-refractivity contribution in [3.05, 3.63) is 65.0 Å². The van der Waals surface area contributed by atoms with Crippen molar-refractivity contribution in [2.24, 2.45) is 0 Å². The maximum absolute atomic E-state index is 12.7. The number of nitrogens with zero attached hydrogens (tertiary/aromatic N) is 1. The van der Waals surface area contributed by atoms with Crippen LogP contribution >= 0.6 is 0 Å². The SMILES string of the molecule is CNC(Cc1ccccn1)c1ccc(C(F)(F)F)cc1C. The van der Waals surface area contributed by atoms with Gasteiger partial charge in [-0.05, 0) is 49.4 Å². The highest BCUT2D eigenvalue weighted by atomic mass is 19.4. The molecule has 5 heteroatoms. The maximum atomic E-state index is 12.7. The molecule has 21 heavy (non-hydrogen) atoms. The first-order valence-corrected chi connectivity index (χ1v) is 6.66. The van der Waals surface area contributed by atoms with Crippen LogP contribution in [-0.2, 0) is 12.6 Å². The largest absolute Gasteiger partial charge is 0.416 e. The van der Waals surface area contributed by atoms with Gasteiger partial charge >= 0.3 is 6.18 Å². The monoisotopic (exact) mass is 294 g/mol. The number of hydrogen-bond donors (Lipinski definition) is 1. The second-order valence-corrected chi connectivity index (χ2v) is 4.94. The lowest BCUT2D eigenvalue weighted by Gasteiger charge is -2.20. The molecular formula is C16H17F3N2. The molecule has 112 valence electrons. The number of rotatable bonds is 4. The molecule has 1 heterocycles. The lowest BCUT2D eigenvalue weighted by Crippen LogP contribution is -2.20. The predicted octanol–water partition coefficient (Wildman–Crippen LogP) is 3.91. The van der Waals surface area contributed by atoms with Crippen LogP contribution in [0, 0.1) is 6.92 Å². The molecule has 0 spiro atoms. The highest BCUT2D eigenvalue weighted by Gasteiger charge is 2.31. The van der Waals surface area contributed by atoms with Gasteiger partial charge in [0, 0.05) is 24.4 Å². The lowest BCUT2D eigenvalue weighted by atomic mass is 9.95. The number of likely N-dealkylation sites (N-methyl/N-ethyl adjacent to an activating group) is 1. The number of halogens is 3. The zero-order chi connectivity index (χ0) is 15.5. The molecule has 2 rings (SSSR count). The Kier molecular flexibility index (Phi) is 4.63. The van der Waals surface area contributed by atoms with E-state index in [4.69, 9.17) is 0 Å². The molecule has 1 N–H and O–H groups in total. The Hall–Kier alpha value is -1.88. The summed E-state index contributed by atoms with van der Waals surface area (Å²) in [5.41, 5.74) is 1.77. The molecule has 0 aliphatic rings. The van der Waals surface area contributed by atoms with Gasteiger partial charge in [-0.15, -0.1) is 0 Å². The average Bonchev–Trinajstić information content (AvgIpc) is 2.45. The van der Waals surface area contributed by atoms with Crippen LogP contribution in [0.1, 0.15) is 28.4 Å². The van der Waals surface area contributed by atoms with Crippen molar-refractivity contribution in [2.45, 2.75) is 25.6 Å². The highest BCUT2D eigenvalue weighted by molar-refractivity contribution is 5.35. The first-order chi connectivity index (χ1) is 9.91. The summed E-state index contributed by atoms with van der Waals surface area (Å²) in [6.07, 6.45) is -1.97. The Labute approximate surface area is 122 Å². The minimum Gasteiger partial charge on any atom is -0.313 e. The van der Waals surface area contributed by atoms with Gasteiger partial charge in [0.15, 0.2) is 0 Å². The van der Waals surface area contributed by atoms with Gasteiger partial charge in [-0.25, -0.2) is 0 Å². The molecule has 1 atom stereocenters. The van der Waals surface area contributed by atoms with Crippen molar-refractivity contribution in [1.82, 2.24) is 10.3 Å². The summed E-state index contributed by atoms with van der Waals surface area (Å²) >= 11 is 0.